The minimum atomic E-state index is -0.849. The maximum Gasteiger partial charge on any atom is 0.312 e. The lowest BCUT2D eigenvalue weighted by Crippen LogP contribution is -2.50. The third kappa shape index (κ3) is 5.07. The molecule has 20 heavy (non-hydrogen) atoms. The van der Waals surface area contributed by atoms with Crippen LogP contribution in [0.4, 0.5) is 4.79 Å². The molecule has 1 saturated heterocycles. The summed E-state index contributed by atoms with van der Waals surface area (Å²) in [6, 6.07) is -1.35. The monoisotopic (exact) mass is 285 g/mol. The smallest absolute Gasteiger partial charge is 0.312 e. The quantitative estimate of drug-likeness (QED) is 0.655. The van der Waals surface area contributed by atoms with Crippen LogP contribution < -0.4 is 11.1 Å². The molecule has 1 fully saturated rings. The molecule has 1 heterocycles. The van der Waals surface area contributed by atoms with E-state index >= 15 is 0 Å². The van der Waals surface area contributed by atoms with Gasteiger partial charge in [0.25, 0.3) is 0 Å². The van der Waals surface area contributed by atoms with Crippen LogP contribution in [-0.4, -0.2) is 47.0 Å². The fourth-order valence-electron chi connectivity index (χ4n) is 2.53. The highest BCUT2D eigenvalue weighted by atomic mass is 16.4. The van der Waals surface area contributed by atoms with Crippen molar-refractivity contribution in [3.63, 3.8) is 0 Å². The minimum Gasteiger partial charge on any atom is -0.481 e. The molecule has 1 aliphatic rings. The number of nitrogens with two attached hydrogens (primary N) is 1. The largest absolute Gasteiger partial charge is 0.481 e. The molecule has 0 spiro atoms. The normalized spacial score (nSPS) is 19.9. The van der Waals surface area contributed by atoms with Crippen LogP contribution in [0.1, 0.15) is 33.1 Å². The number of nitrogens with one attached hydrogen (secondary N) is 1. The van der Waals surface area contributed by atoms with Gasteiger partial charge >= 0.3 is 12.0 Å². The van der Waals surface area contributed by atoms with Gasteiger partial charge in [-0.05, 0) is 24.7 Å². The maximum absolute atomic E-state index is 12.4. The summed E-state index contributed by atoms with van der Waals surface area (Å²) >= 11 is 0. The van der Waals surface area contributed by atoms with Crippen LogP contribution in [-0.2, 0) is 9.59 Å². The van der Waals surface area contributed by atoms with Crippen molar-refractivity contribution >= 4 is 17.9 Å². The van der Waals surface area contributed by atoms with Crippen LogP contribution in [0, 0.1) is 11.8 Å². The van der Waals surface area contributed by atoms with E-state index in [4.69, 9.17) is 10.8 Å². The van der Waals surface area contributed by atoms with Crippen molar-refractivity contribution in [3.8, 4) is 0 Å². The number of rotatable bonds is 6. The molecule has 7 heteroatoms. The molecular weight excluding hydrogens is 262 g/mol. The van der Waals surface area contributed by atoms with Gasteiger partial charge in [-0.15, -0.1) is 0 Å². The topological polar surface area (TPSA) is 113 Å². The number of carbonyl (C=O) groups is 3. The zero-order valence-corrected chi connectivity index (χ0v) is 12.0. The number of urea groups is 1. The number of carboxylic acid groups (broad SMARTS) is 1. The van der Waals surface area contributed by atoms with Gasteiger partial charge < -0.3 is 21.1 Å². The number of hydrogen-bond acceptors (Lipinski definition) is 3. The third-order valence-electron chi connectivity index (χ3n) is 3.38. The zero-order valence-electron chi connectivity index (χ0n) is 12.0. The van der Waals surface area contributed by atoms with Crippen molar-refractivity contribution < 1.29 is 19.5 Å². The first-order chi connectivity index (χ1) is 9.29. The van der Waals surface area contributed by atoms with Gasteiger partial charge in [0.2, 0.25) is 5.91 Å². The fourth-order valence-corrected chi connectivity index (χ4v) is 2.53. The van der Waals surface area contributed by atoms with Crippen molar-refractivity contribution in [2.24, 2.45) is 17.6 Å². The van der Waals surface area contributed by atoms with E-state index in [1.54, 1.807) is 4.90 Å². The second kappa shape index (κ2) is 7.12. The van der Waals surface area contributed by atoms with Crippen molar-refractivity contribution in [2.75, 3.05) is 13.1 Å². The van der Waals surface area contributed by atoms with Crippen LogP contribution in [0.3, 0.4) is 0 Å². The van der Waals surface area contributed by atoms with E-state index in [0.29, 0.717) is 25.9 Å². The molecule has 2 unspecified atom stereocenters. The van der Waals surface area contributed by atoms with Crippen molar-refractivity contribution in [1.29, 1.82) is 0 Å². The van der Waals surface area contributed by atoms with E-state index in [9.17, 15) is 14.4 Å². The summed E-state index contributed by atoms with van der Waals surface area (Å²) in [4.78, 5) is 35.6. The summed E-state index contributed by atoms with van der Waals surface area (Å²) in [6.45, 7) is 4.88. The standard InChI is InChI=1S/C13H23N3O4/c1-8(2)5-10(15-13(14)20)12(19)16-4-3-9(7-16)6-11(17)18/h8-10H,3-7H2,1-2H3,(H,17,18)(H3,14,15,20). The Morgan fingerprint density at radius 1 is 1.40 bits per heavy atom. The summed E-state index contributed by atoms with van der Waals surface area (Å²) in [6.07, 6.45) is 1.27. The number of amides is 3. The first-order valence-electron chi connectivity index (χ1n) is 6.86. The first kappa shape index (κ1) is 16.3. The summed E-state index contributed by atoms with van der Waals surface area (Å²) in [5, 5.41) is 11.2. The first-order valence-corrected chi connectivity index (χ1v) is 6.86. The Balaban J connectivity index is 2.61. The van der Waals surface area contributed by atoms with Crippen LogP contribution in [0.5, 0.6) is 0 Å². The highest BCUT2D eigenvalue weighted by Gasteiger charge is 2.32. The number of aliphatic carboxylic acids is 1. The molecule has 4 N–H and O–H groups in total. The molecule has 114 valence electrons. The van der Waals surface area contributed by atoms with E-state index in [0.717, 1.165) is 0 Å². The Labute approximate surface area is 118 Å². The number of carboxylic acids is 1. The van der Waals surface area contributed by atoms with Gasteiger partial charge in [-0.2, -0.15) is 0 Å². The Kier molecular flexibility index (Phi) is 5.79. The molecule has 0 aromatic heterocycles. The van der Waals surface area contributed by atoms with E-state index < -0.39 is 18.0 Å². The van der Waals surface area contributed by atoms with Gasteiger partial charge in [0.05, 0.1) is 0 Å². The molecule has 0 aliphatic carbocycles. The van der Waals surface area contributed by atoms with E-state index in [2.05, 4.69) is 5.32 Å². The highest BCUT2D eigenvalue weighted by Crippen LogP contribution is 2.21. The molecule has 0 aromatic carbocycles. The van der Waals surface area contributed by atoms with Gasteiger partial charge in [0.15, 0.2) is 0 Å². The predicted molar refractivity (Wildman–Crippen MR) is 72.9 cm³/mol. The Hall–Kier alpha value is -1.79. The van der Waals surface area contributed by atoms with Gasteiger partial charge in [-0.3, -0.25) is 9.59 Å². The van der Waals surface area contributed by atoms with Crippen LogP contribution in [0.25, 0.3) is 0 Å². The number of hydrogen-bond donors (Lipinski definition) is 3. The Bertz CT molecular complexity index is 384. The molecule has 1 rings (SSSR count). The van der Waals surface area contributed by atoms with Gasteiger partial charge in [0, 0.05) is 19.5 Å². The summed E-state index contributed by atoms with van der Waals surface area (Å²) in [7, 11) is 0. The number of likely N-dealkylation sites (tertiary alicyclic amines) is 1. The summed E-state index contributed by atoms with van der Waals surface area (Å²) in [5.41, 5.74) is 5.10. The molecule has 3 amide bonds. The number of carbonyl (C=O) groups excluding carboxylic acids is 2. The molecule has 1 aliphatic heterocycles. The third-order valence-corrected chi connectivity index (χ3v) is 3.38. The average molecular weight is 285 g/mol. The average Bonchev–Trinajstić information content (AvgIpc) is 2.73. The Morgan fingerprint density at radius 3 is 2.55 bits per heavy atom. The molecular formula is C13H23N3O4. The highest BCUT2D eigenvalue weighted by molar-refractivity contribution is 5.86. The van der Waals surface area contributed by atoms with Crippen molar-refractivity contribution in [3.05, 3.63) is 0 Å². The summed E-state index contributed by atoms with van der Waals surface area (Å²) < 4.78 is 0. The van der Waals surface area contributed by atoms with Crippen molar-refractivity contribution in [2.45, 2.75) is 39.2 Å². The molecule has 0 bridgehead atoms. The zero-order chi connectivity index (χ0) is 15.3. The lowest BCUT2D eigenvalue weighted by atomic mass is 10.0. The summed E-state index contributed by atoms with van der Waals surface area (Å²) in [5.74, 6) is -0.790. The lowest BCUT2D eigenvalue weighted by molar-refractivity contribution is -0.138. The van der Waals surface area contributed by atoms with Crippen LogP contribution >= 0.6 is 0 Å². The SMILES string of the molecule is CC(C)CC(NC(N)=O)C(=O)N1CCC(CC(=O)O)C1. The molecule has 0 saturated carbocycles. The molecule has 0 aromatic rings. The number of nitrogens with zero attached hydrogens (tertiary/aromatic N) is 1. The van der Waals surface area contributed by atoms with E-state index in [1.807, 2.05) is 13.8 Å². The van der Waals surface area contributed by atoms with Crippen LogP contribution in [0.15, 0.2) is 0 Å². The second-order valence-electron chi connectivity index (χ2n) is 5.73. The van der Waals surface area contributed by atoms with Gasteiger partial charge in [-0.1, -0.05) is 13.8 Å². The molecule has 0 radical (unpaired) electrons. The second-order valence-corrected chi connectivity index (χ2v) is 5.73. The van der Waals surface area contributed by atoms with Crippen LogP contribution in [0.2, 0.25) is 0 Å². The molecule has 7 nitrogen and oxygen atoms in total. The molecule has 2 atom stereocenters. The maximum atomic E-state index is 12.4. The minimum absolute atomic E-state index is 0.00951. The van der Waals surface area contributed by atoms with E-state index in [-0.39, 0.29) is 24.2 Å². The number of primary amides is 1. The van der Waals surface area contributed by atoms with Gasteiger partial charge in [-0.25, -0.2) is 4.79 Å². The van der Waals surface area contributed by atoms with Gasteiger partial charge in [0.1, 0.15) is 6.04 Å². The lowest BCUT2D eigenvalue weighted by Gasteiger charge is -2.25. The van der Waals surface area contributed by atoms with E-state index in [1.165, 1.54) is 0 Å². The van der Waals surface area contributed by atoms with Crippen molar-refractivity contribution in [1.82, 2.24) is 10.2 Å². The Morgan fingerprint density at radius 2 is 2.05 bits per heavy atom. The predicted octanol–water partition coefficient (Wildman–Crippen LogP) is 0.393. The fraction of sp³-hybridized carbons (Fsp3) is 0.769.